The Morgan fingerprint density at radius 2 is 2.14 bits per heavy atom. The first-order valence-corrected chi connectivity index (χ1v) is 9.16. The van der Waals surface area contributed by atoms with E-state index in [1.165, 1.54) is 17.4 Å². The third-order valence-electron chi connectivity index (χ3n) is 3.11. The molecule has 1 saturated heterocycles. The largest absolute Gasteiger partial charge is 0.378 e. The smallest absolute Gasteiger partial charge is 0.245 e. The number of sulfonamides is 1. The summed E-state index contributed by atoms with van der Waals surface area (Å²) in [6.45, 7) is 0.455. The van der Waals surface area contributed by atoms with Gasteiger partial charge in [0.2, 0.25) is 15.9 Å². The highest BCUT2D eigenvalue weighted by Gasteiger charge is 2.38. The molecule has 1 N–H and O–H groups in total. The van der Waals surface area contributed by atoms with E-state index in [4.69, 9.17) is 4.74 Å². The first kappa shape index (κ1) is 16.9. The van der Waals surface area contributed by atoms with Crippen molar-refractivity contribution in [1.82, 2.24) is 9.62 Å². The summed E-state index contributed by atoms with van der Waals surface area (Å²) in [5.74, 6) is -0.383. The number of rotatable bonds is 3. The van der Waals surface area contributed by atoms with Gasteiger partial charge in [0.1, 0.15) is 6.04 Å². The minimum atomic E-state index is -3.79. The minimum Gasteiger partial charge on any atom is -0.378 e. The van der Waals surface area contributed by atoms with Crippen molar-refractivity contribution in [2.45, 2.75) is 10.9 Å². The van der Waals surface area contributed by atoms with E-state index in [1.54, 1.807) is 12.1 Å². The molecule has 0 aliphatic carbocycles. The van der Waals surface area contributed by atoms with Crippen molar-refractivity contribution in [3.63, 3.8) is 0 Å². The van der Waals surface area contributed by atoms with Gasteiger partial charge in [-0.15, -0.1) is 0 Å². The van der Waals surface area contributed by atoms with Crippen LogP contribution in [0.15, 0.2) is 32.0 Å². The lowest BCUT2D eigenvalue weighted by atomic mass is 10.2. The van der Waals surface area contributed by atoms with Crippen LogP contribution in [0.2, 0.25) is 0 Å². The zero-order valence-electron chi connectivity index (χ0n) is 11.2. The maximum absolute atomic E-state index is 12.8. The Balaban J connectivity index is 2.43. The molecular formula is C12H14Br2N2O4S. The fourth-order valence-electron chi connectivity index (χ4n) is 2.06. The fourth-order valence-corrected chi connectivity index (χ4v) is 5.33. The van der Waals surface area contributed by atoms with Crippen LogP contribution in [-0.4, -0.2) is 51.5 Å². The number of nitrogens with zero attached hydrogens (tertiary/aromatic N) is 1. The van der Waals surface area contributed by atoms with Gasteiger partial charge in [0.05, 0.1) is 18.1 Å². The van der Waals surface area contributed by atoms with Gasteiger partial charge in [-0.25, -0.2) is 8.42 Å². The number of carbonyl (C=O) groups is 1. The van der Waals surface area contributed by atoms with Crippen molar-refractivity contribution in [3.05, 3.63) is 27.1 Å². The average Bonchev–Trinajstić information content (AvgIpc) is 2.46. The quantitative estimate of drug-likeness (QED) is 0.768. The lowest BCUT2D eigenvalue weighted by Gasteiger charge is -2.33. The van der Waals surface area contributed by atoms with Crippen LogP contribution in [-0.2, 0) is 19.6 Å². The van der Waals surface area contributed by atoms with Crippen molar-refractivity contribution >= 4 is 47.8 Å². The molecule has 1 aliphatic heterocycles. The molecule has 2 rings (SSSR count). The Hall–Kier alpha value is -0.480. The molecule has 0 spiro atoms. The third-order valence-corrected chi connectivity index (χ3v) is 6.49. The van der Waals surface area contributed by atoms with Gasteiger partial charge in [0, 0.05) is 22.5 Å². The first-order valence-electron chi connectivity index (χ1n) is 6.14. The molecule has 1 aromatic carbocycles. The molecule has 9 heteroatoms. The minimum absolute atomic E-state index is 0.0487. The molecule has 0 saturated carbocycles. The highest BCUT2D eigenvalue weighted by molar-refractivity contribution is 9.11. The van der Waals surface area contributed by atoms with Crippen molar-refractivity contribution in [2.75, 3.05) is 26.8 Å². The van der Waals surface area contributed by atoms with E-state index in [1.807, 2.05) is 0 Å². The second-order valence-corrected chi connectivity index (χ2v) is 8.02. The Morgan fingerprint density at radius 3 is 2.76 bits per heavy atom. The zero-order valence-corrected chi connectivity index (χ0v) is 15.2. The molecule has 0 radical (unpaired) electrons. The third kappa shape index (κ3) is 3.48. The van der Waals surface area contributed by atoms with E-state index >= 15 is 0 Å². The number of ether oxygens (including phenoxy) is 1. The van der Waals surface area contributed by atoms with Crippen LogP contribution in [0.3, 0.4) is 0 Å². The number of amides is 1. The summed E-state index contributed by atoms with van der Waals surface area (Å²) in [6, 6.07) is 3.94. The highest BCUT2D eigenvalue weighted by Crippen LogP contribution is 2.29. The molecule has 0 aromatic heterocycles. The number of carbonyl (C=O) groups excluding carboxylic acids is 1. The van der Waals surface area contributed by atoms with Gasteiger partial charge in [0.25, 0.3) is 0 Å². The predicted molar refractivity (Wildman–Crippen MR) is 84.4 cm³/mol. The summed E-state index contributed by atoms with van der Waals surface area (Å²) in [5, 5.41) is 2.47. The van der Waals surface area contributed by atoms with Crippen LogP contribution < -0.4 is 5.32 Å². The number of benzene rings is 1. The Labute approximate surface area is 140 Å². The van der Waals surface area contributed by atoms with Crippen LogP contribution in [0.25, 0.3) is 0 Å². The standard InChI is InChI=1S/C12H14Br2N2O4S/c1-15-12(17)10-7-20-5-4-16(10)21(18,19)11-3-2-8(13)6-9(11)14/h2-3,6,10H,4-5,7H2,1H3,(H,15,17). The number of likely N-dealkylation sites (N-methyl/N-ethyl adjacent to an activating group) is 1. The average molecular weight is 442 g/mol. The molecule has 1 heterocycles. The summed E-state index contributed by atoms with van der Waals surface area (Å²) in [6.07, 6.45) is 0. The highest BCUT2D eigenvalue weighted by atomic mass is 79.9. The van der Waals surface area contributed by atoms with E-state index in [-0.39, 0.29) is 30.6 Å². The molecule has 0 bridgehead atoms. The second kappa shape index (κ2) is 6.74. The van der Waals surface area contributed by atoms with E-state index in [0.29, 0.717) is 4.47 Å². The maximum Gasteiger partial charge on any atom is 0.245 e. The van der Waals surface area contributed by atoms with Crippen molar-refractivity contribution in [2.24, 2.45) is 0 Å². The summed E-state index contributed by atoms with van der Waals surface area (Å²) in [7, 11) is -2.32. The van der Waals surface area contributed by atoms with Gasteiger partial charge in [-0.3, -0.25) is 4.79 Å². The fraction of sp³-hybridized carbons (Fsp3) is 0.417. The van der Waals surface area contributed by atoms with Crippen LogP contribution in [0.5, 0.6) is 0 Å². The van der Waals surface area contributed by atoms with E-state index < -0.39 is 16.1 Å². The van der Waals surface area contributed by atoms with Gasteiger partial charge in [-0.05, 0) is 34.1 Å². The Kier molecular flexibility index (Phi) is 5.42. The van der Waals surface area contributed by atoms with Crippen molar-refractivity contribution < 1.29 is 17.9 Å². The second-order valence-electron chi connectivity index (χ2n) is 4.40. The molecule has 1 aromatic rings. The number of morpholine rings is 1. The summed E-state index contributed by atoms with van der Waals surface area (Å²) in [5.41, 5.74) is 0. The topological polar surface area (TPSA) is 75.7 Å². The molecule has 1 atom stereocenters. The summed E-state index contributed by atoms with van der Waals surface area (Å²) < 4.78 is 33.2. The van der Waals surface area contributed by atoms with E-state index in [2.05, 4.69) is 37.2 Å². The van der Waals surface area contributed by atoms with E-state index in [0.717, 1.165) is 4.47 Å². The number of halogens is 2. The Bertz CT molecular complexity index is 651. The van der Waals surface area contributed by atoms with Crippen molar-refractivity contribution in [3.8, 4) is 0 Å². The molecular weight excluding hydrogens is 428 g/mol. The number of hydrogen-bond donors (Lipinski definition) is 1. The lowest BCUT2D eigenvalue weighted by Crippen LogP contribution is -2.55. The molecule has 21 heavy (non-hydrogen) atoms. The molecule has 116 valence electrons. The van der Waals surface area contributed by atoms with Crippen LogP contribution >= 0.6 is 31.9 Å². The molecule has 1 amide bonds. The Morgan fingerprint density at radius 1 is 1.43 bits per heavy atom. The molecule has 6 nitrogen and oxygen atoms in total. The maximum atomic E-state index is 12.8. The normalized spacial score (nSPS) is 20.2. The molecule has 1 aliphatic rings. The number of hydrogen-bond acceptors (Lipinski definition) is 4. The molecule has 1 unspecified atom stereocenters. The predicted octanol–water partition coefficient (Wildman–Crippen LogP) is 1.35. The van der Waals surface area contributed by atoms with Gasteiger partial charge in [-0.1, -0.05) is 15.9 Å². The van der Waals surface area contributed by atoms with Crippen LogP contribution in [0, 0.1) is 0 Å². The molecule has 1 fully saturated rings. The van der Waals surface area contributed by atoms with Crippen LogP contribution in [0.1, 0.15) is 0 Å². The monoisotopic (exact) mass is 440 g/mol. The SMILES string of the molecule is CNC(=O)C1COCCN1S(=O)(=O)c1ccc(Br)cc1Br. The van der Waals surface area contributed by atoms with Gasteiger partial charge in [-0.2, -0.15) is 4.31 Å². The van der Waals surface area contributed by atoms with Crippen LogP contribution in [0.4, 0.5) is 0 Å². The van der Waals surface area contributed by atoms with Crippen molar-refractivity contribution in [1.29, 1.82) is 0 Å². The van der Waals surface area contributed by atoms with Gasteiger partial charge >= 0.3 is 0 Å². The summed E-state index contributed by atoms with van der Waals surface area (Å²) in [4.78, 5) is 12.0. The lowest BCUT2D eigenvalue weighted by molar-refractivity contribution is -0.128. The van der Waals surface area contributed by atoms with Gasteiger partial charge < -0.3 is 10.1 Å². The number of nitrogens with one attached hydrogen (secondary N) is 1. The zero-order chi connectivity index (χ0) is 15.6. The summed E-state index contributed by atoms with van der Waals surface area (Å²) >= 11 is 6.54. The van der Waals surface area contributed by atoms with Gasteiger partial charge in [0.15, 0.2) is 0 Å². The first-order chi connectivity index (χ1) is 9.87. The van der Waals surface area contributed by atoms with E-state index in [9.17, 15) is 13.2 Å².